The van der Waals surface area contributed by atoms with Crippen molar-refractivity contribution in [3.8, 4) is 0 Å². The van der Waals surface area contributed by atoms with Gasteiger partial charge in [0.15, 0.2) is 0 Å². The van der Waals surface area contributed by atoms with Crippen LogP contribution in [-0.2, 0) is 20.7 Å². The van der Waals surface area contributed by atoms with Gasteiger partial charge >= 0.3 is 5.97 Å². The van der Waals surface area contributed by atoms with Gasteiger partial charge < -0.3 is 14.6 Å². The Balaban J connectivity index is 1.18. The molecule has 4 heteroatoms. The van der Waals surface area contributed by atoms with E-state index in [1.165, 1.54) is 44.3 Å². The van der Waals surface area contributed by atoms with Crippen LogP contribution < -0.4 is 0 Å². The second kappa shape index (κ2) is 12.4. The van der Waals surface area contributed by atoms with Crippen molar-refractivity contribution in [1.82, 2.24) is 0 Å². The van der Waals surface area contributed by atoms with Crippen LogP contribution in [0.4, 0.5) is 0 Å². The fourth-order valence-corrected chi connectivity index (χ4v) is 6.61. The third kappa shape index (κ3) is 5.60. The van der Waals surface area contributed by atoms with Crippen molar-refractivity contribution in [2.45, 2.75) is 76.7 Å². The van der Waals surface area contributed by atoms with Crippen molar-refractivity contribution in [2.75, 3.05) is 14.2 Å². The maximum atomic E-state index is 12.0. The molecule has 40 heavy (non-hydrogen) atoms. The molecule has 0 bridgehead atoms. The van der Waals surface area contributed by atoms with Crippen molar-refractivity contribution in [1.29, 1.82) is 0 Å². The van der Waals surface area contributed by atoms with E-state index in [-0.39, 0.29) is 0 Å². The van der Waals surface area contributed by atoms with Crippen LogP contribution in [0.2, 0.25) is 0 Å². The Labute approximate surface area is 238 Å². The molecule has 5 rings (SSSR count). The van der Waals surface area contributed by atoms with Gasteiger partial charge in [-0.05, 0) is 63.6 Å². The SMILES string of the molecule is CCCCC(C(=O)O)C1=C(OC)CC(CCCCCCc2ccc3ccc4cccc5ccc2c3c45)(OC)C=C1. The van der Waals surface area contributed by atoms with Gasteiger partial charge in [-0.2, -0.15) is 0 Å². The lowest BCUT2D eigenvalue weighted by Crippen LogP contribution is -2.33. The van der Waals surface area contributed by atoms with Gasteiger partial charge in [0.05, 0.1) is 18.6 Å². The molecule has 0 saturated heterocycles. The highest BCUT2D eigenvalue weighted by Crippen LogP contribution is 2.39. The third-order valence-electron chi connectivity index (χ3n) is 8.94. The minimum absolute atomic E-state index is 0.436. The molecule has 0 radical (unpaired) electrons. The monoisotopic (exact) mass is 538 g/mol. The quantitative estimate of drug-likeness (QED) is 0.128. The van der Waals surface area contributed by atoms with Crippen LogP contribution in [0, 0.1) is 5.92 Å². The molecule has 0 heterocycles. The van der Waals surface area contributed by atoms with Crippen molar-refractivity contribution < 1.29 is 19.4 Å². The first-order chi connectivity index (χ1) is 19.5. The van der Waals surface area contributed by atoms with E-state index >= 15 is 0 Å². The molecule has 2 atom stereocenters. The largest absolute Gasteiger partial charge is 0.501 e. The van der Waals surface area contributed by atoms with Crippen LogP contribution in [0.15, 0.2) is 78.1 Å². The predicted molar refractivity (Wildman–Crippen MR) is 165 cm³/mol. The predicted octanol–water partition coefficient (Wildman–Crippen LogP) is 9.21. The van der Waals surface area contributed by atoms with Crippen LogP contribution in [0.1, 0.15) is 70.3 Å². The van der Waals surface area contributed by atoms with E-state index in [0.29, 0.717) is 12.8 Å². The summed E-state index contributed by atoms with van der Waals surface area (Å²) in [7, 11) is 3.40. The smallest absolute Gasteiger partial charge is 0.311 e. The Morgan fingerprint density at radius 3 is 2.30 bits per heavy atom. The van der Waals surface area contributed by atoms with Crippen LogP contribution in [0.25, 0.3) is 32.3 Å². The normalized spacial score (nSPS) is 18.3. The molecular formula is C36H42O4. The lowest BCUT2D eigenvalue weighted by atomic mass is 9.81. The van der Waals surface area contributed by atoms with Crippen molar-refractivity contribution in [3.05, 3.63) is 83.6 Å². The van der Waals surface area contributed by atoms with E-state index in [4.69, 9.17) is 9.47 Å². The van der Waals surface area contributed by atoms with E-state index in [1.807, 2.05) is 6.08 Å². The zero-order chi connectivity index (χ0) is 28.1. The lowest BCUT2D eigenvalue weighted by Gasteiger charge is -2.34. The number of methoxy groups -OCH3 is 2. The molecule has 1 aliphatic rings. The fraction of sp³-hybridized carbons (Fsp3) is 0.417. The topological polar surface area (TPSA) is 55.8 Å². The molecule has 4 nitrogen and oxygen atoms in total. The Kier molecular flexibility index (Phi) is 8.75. The molecule has 1 N–H and O–H groups in total. The number of hydrogen-bond donors (Lipinski definition) is 1. The molecule has 0 spiro atoms. The number of carboxylic acids is 1. The Hall–Kier alpha value is -3.37. The molecule has 4 aromatic rings. The number of allylic oxidation sites excluding steroid dienone is 1. The molecule has 210 valence electrons. The van der Waals surface area contributed by atoms with E-state index in [2.05, 4.69) is 67.6 Å². The zero-order valence-corrected chi connectivity index (χ0v) is 24.2. The van der Waals surface area contributed by atoms with Gasteiger partial charge in [-0.1, -0.05) is 106 Å². The highest BCUT2D eigenvalue weighted by Gasteiger charge is 2.35. The number of carboxylic acid groups (broad SMARTS) is 1. The third-order valence-corrected chi connectivity index (χ3v) is 8.94. The minimum Gasteiger partial charge on any atom is -0.501 e. The number of unbranched alkanes of at least 4 members (excludes halogenated alkanes) is 4. The van der Waals surface area contributed by atoms with Crippen LogP contribution in [0.3, 0.4) is 0 Å². The first-order valence-corrected chi connectivity index (χ1v) is 14.9. The summed E-state index contributed by atoms with van der Waals surface area (Å²) in [4.78, 5) is 12.0. The summed E-state index contributed by atoms with van der Waals surface area (Å²) in [6, 6.07) is 20.2. The molecule has 0 amide bonds. The van der Waals surface area contributed by atoms with E-state index in [9.17, 15) is 9.90 Å². The van der Waals surface area contributed by atoms with Gasteiger partial charge in [0.2, 0.25) is 0 Å². The first-order valence-electron chi connectivity index (χ1n) is 14.9. The van der Waals surface area contributed by atoms with Crippen LogP contribution in [-0.4, -0.2) is 30.9 Å². The highest BCUT2D eigenvalue weighted by molar-refractivity contribution is 6.23. The molecule has 0 aliphatic heterocycles. The highest BCUT2D eigenvalue weighted by atomic mass is 16.5. The van der Waals surface area contributed by atoms with E-state index < -0.39 is 17.5 Å². The van der Waals surface area contributed by atoms with Gasteiger partial charge in [0.25, 0.3) is 0 Å². The summed E-state index contributed by atoms with van der Waals surface area (Å²) in [6.07, 6.45) is 13.6. The molecular weight excluding hydrogens is 496 g/mol. The summed E-state index contributed by atoms with van der Waals surface area (Å²) >= 11 is 0. The lowest BCUT2D eigenvalue weighted by molar-refractivity contribution is -0.140. The van der Waals surface area contributed by atoms with Gasteiger partial charge in [0, 0.05) is 19.1 Å². The van der Waals surface area contributed by atoms with E-state index in [1.54, 1.807) is 14.2 Å². The van der Waals surface area contributed by atoms with Gasteiger partial charge in [-0.25, -0.2) is 0 Å². The molecule has 1 aliphatic carbocycles. The maximum absolute atomic E-state index is 12.0. The second-order valence-electron chi connectivity index (χ2n) is 11.4. The average Bonchev–Trinajstić information content (AvgIpc) is 2.98. The number of carbonyl (C=O) groups is 1. The number of rotatable bonds is 14. The second-order valence-corrected chi connectivity index (χ2v) is 11.4. The standard InChI is InChI=1S/C36H42O4/c1-4-5-14-31(35(37)38)30-21-23-36(40-3,24-32(30)39-2)22-9-7-6-8-11-25-15-16-28-18-17-26-12-10-13-27-19-20-29(25)34(28)33(26)27/h10,12-13,15-21,23,31H,4-9,11,14,22,24H2,1-3H3,(H,37,38). The number of benzene rings is 4. The molecule has 0 fully saturated rings. The molecule has 0 saturated carbocycles. The Bertz CT molecular complexity index is 1510. The molecule has 2 unspecified atom stereocenters. The number of aryl methyl sites for hydroxylation is 1. The number of ether oxygens (including phenoxy) is 2. The number of aliphatic carboxylic acids is 1. The van der Waals surface area contributed by atoms with E-state index in [0.717, 1.165) is 56.3 Å². The summed E-state index contributed by atoms with van der Waals surface area (Å²) in [5.41, 5.74) is 1.80. The number of hydrogen-bond acceptors (Lipinski definition) is 3. The summed E-state index contributed by atoms with van der Waals surface area (Å²) in [5.74, 6) is -0.556. The zero-order valence-electron chi connectivity index (χ0n) is 24.2. The minimum atomic E-state index is -0.780. The molecule has 0 aromatic heterocycles. The van der Waals surface area contributed by atoms with Crippen molar-refractivity contribution in [3.63, 3.8) is 0 Å². The van der Waals surface area contributed by atoms with Gasteiger partial charge in [-0.3, -0.25) is 4.79 Å². The van der Waals surface area contributed by atoms with Crippen molar-refractivity contribution >= 4 is 38.3 Å². The fourth-order valence-electron chi connectivity index (χ4n) is 6.61. The van der Waals surface area contributed by atoms with Crippen LogP contribution >= 0.6 is 0 Å². The van der Waals surface area contributed by atoms with Gasteiger partial charge in [-0.15, -0.1) is 0 Å². The Morgan fingerprint density at radius 1 is 0.900 bits per heavy atom. The maximum Gasteiger partial charge on any atom is 0.311 e. The summed E-state index contributed by atoms with van der Waals surface area (Å²) < 4.78 is 11.7. The summed E-state index contributed by atoms with van der Waals surface area (Å²) in [5, 5.41) is 18.0. The van der Waals surface area contributed by atoms with Gasteiger partial charge in [0.1, 0.15) is 5.76 Å². The Morgan fingerprint density at radius 2 is 1.60 bits per heavy atom. The van der Waals surface area contributed by atoms with Crippen molar-refractivity contribution in [2.24, 2.45) is 5.92 Å². The average molecular weight is 539 g/mol. The first kappa shape index (κ1) is 28.2. The van der Waals surface area contributed by atoms with Crippen LogP contribution in [0.5, 0.6) is 0 Å². The molecule has 4 aromatic carbocycles. The summed E-state index contributed by atoms with van der Waals surface area (Å²) in [6.45, 7) is 2.09.